The fourth-order valence-corrected chi connectivity index (χ4v) is 4.19. The zero-order valence-electron chi connectivity index (χ0n) is 19.4. The quantitative estimate of drug-likeness (QED) is 0.602. The summed E-state index contributed by atoms with van der Waals surface area (Å²) >= 11 is 0. The first-order valence-electron chi connectivity index (χ1n) is 11.5. The molecule has 7 heteroatoms. The highest BCUT2D eigenvalue weighted by atomic mass is 16.3. The molecule has 3 heterocycles. The van der Waals surface area contributed by atoms with Gasteiger partial charge >= 0.3 is 0 Å². The average molecular weight is 436 g/mol. The summed E-state index contributed by atoms with van der Waals surface area (Å²) in [5.74, 6) is 2.39. The van der Waals surface area contributed by atoms with Gasteiger partial charge in [-0.25, -0.2) is 0 Å². The Hall–Kier alpha value is -2.93. The number of hydrogen-bond acceptors (Lipinski definition) is 5. The molecular formula is C25H33N5O2. The second kappa shape index (κ2) is 9.69. The molecule has 1 amide bonds. The number of nitrogens with zero attached hydrogens (tertiary/aromatic N) is 4. The van der Waals surface area contributed by atoms with E-state index in [2.05, 4.69) is 76.9 Å². The first-order valence-corrected chi connectivity index (χ1v) is 11.5. The highest BCUT2D eigenvalue weighted by molar-refractivity contribution is 5.94. The molecule has 32 heavy (non-hydrogen) atoms. The van der Waals surface area contributed by atoms with Crippen LogP contribution in [0.25, 0.3) is 0 Å². The molecule has 1 aliphatic heterocycles. The Labute approximate surface area is 189 Å². The molecule has 7 nitrogen and oxygen atoms in total. The summed E-state index contributed by atoms with van der Waals surface area (Å²) in [6.07, 6.45) is 3.81. The fraction of sp³-hybridized carbons (Fsp3) is 0.480. The maximum atomic E-state index is 12.6. The number of rotatable bonds is 7. The van der Waals surface area contributed by atoms with Crippen LogP contribution >= 0.6 is 0 Å². The van der Waals surface area contributed by atoms with Gasteiger partial charge in [0.15, 0.2) is 5.82 Å². The molecule has 1 N–H and O–H groups in total. The Kier molecular flexibility index (Phi) is 6.74. The third kappa shape index (κ3) is 4.93. The van der Waals surface area contributed by atoms with Crippen LogP contribution in [0.1, 0.15) is 72.8 Å². The van der Waals surface area contributed by atoms with Crippen molar-refractivity contribution in [1.29, 1.82) is 0 Å². The van der Waals surface area contributed by atoms with Gasteiger partial charge in [-0.05, 0) is 29.0 Å². The standard InChI is InChI=1S/C25H33N5O2/c1-17(2)20-7-5-19(6-8-20)15-29-11-9-22-27-28-24(30(22)13-12-29)23(18(3)4)26-25(31)21-10-14-32-16-21/h5-8,10,14,16-18,23H,9,11-13,15H2,1-4H3,(H,26,31)/t23-/m1/s1. The van der Waals surface area contributed by atoms with E-state index >= 15 is 0 Å². The fourth-order valence-electron chi connectivity index (χ4n) is 4.19. The van der Waals surface area contributed by atoms with E-state index < -0.39 is 0 Å². The van der Waals surface area contributed by atoms with Crippen LogP contribution in [0.3, 0.4) is 0 Å². The Balaban J connectivity index is 1.45. The molecule has 1 aliphatic rings. The normalized spacial score (nSPS) is 15.6. The third-order valence-corrected chi connectivity index (χ3v) is 6.21. The molecule has 0 unspecified atom stereocenters. The van der Waals surface area contributed by atoms with E-state index in [0.717, 1.165) is 44.2 Å². The summed E-state index contributed by atoms with van der Waals surface area (Å²) < 4.78 is 7.25. The first-order chi connectivity index (χ1) is 15.4. The summed E-state index contributed by atoms with van der Waals surface area (Å²) in [7, 11) is 0. The van der Waals surface area contributed by atoms with Gasteiger partial charge in [-0.3, -0.25) is 9.69 Å². The zero-order chi connectivity index (χ0) is 22.7. The van der Waals surface area contributed by atoms with Crippen molar-refractivity contribution in [3.05, 3.63) is 71.2 Å². The summed E-state index contributed by atoms with van der Waals surface area (Å²) in [5.41, 5.74) is 3.22. The number of nitrogens with one attached hydrogen (secondary N) is 1. The van der Waals surface area contributed by atoms with Crippen molar-refractivity contribution in [2.24, 2.45) is 5.92 Å². The molecule has 0 bridgehead atoms. The number of hydrogen-bond donors (Lipinski definition) is 1. The molecular weight excluding hydrogens is 402 g/mol. The van der Waals surface area contributed by atoms with Gasteiger partial charge in [0.05, 0.1) is 17.9 Å². The van der Waals surface area contributed by atoms with Gasteiger partial charge in [-0.15, -0.1) is 10.2 Å². The molecule has 3 aromatic rings. The Morgan fingerprint density at radius 1 is 1.06 bits per heavy atom. The van der Waals surface area contributed by atoms with E-state index in [1.54, 1.807) is 6.07 Å². The van der Waals surface area contributed by atoms with Gasteiger partial charge in [0.2, 0.25) is 0 Å². The van der Waals surface area contributed by atoms with Gasteiger partial charge in [-0.1, -0.05) is 52.0 Å². The van der Waals surface area contributed by atoms with Gasteiger partial charge in [0, 0.05) is 32.6 Å². The van der Waals surface area contributed by atoms with Crippen LogP contribution in [0, 0.1) is 5.92 Å². The lowest BCUT2D eigenvalue weighted by molar-refractivity contribution is 0.0921. The van der Waals surface area contributed by atoms with Crippen molar-refractivity contribution < 1.29 is 9.21 Å². The van der Waals surface area contributed by atoms with E-state index in [1.807, 2.05) is 0 Å². The third-order valence-electron chi connectivity index (χ3n) is 6.21. The highest BCUT2D eigenvalue weighted by Crippen LogP contribution is 2.24. The lowest BCUT2D eigenvalue weighted by Gasteiger charge is -2.23. The monoisotopic (exact) mass is 435 g/mol. The average Bonchev–Trinajstić information content (AvgIpc) is 3.40. The van der Waals surface area contributed by atoms with E-state index in [0.29, 0.717) is 11.5 Å². The van der Waals surface area contributed by atoms with Crippen molar-refractivity contribution in [2.75, 3.05) is 13.1 Å². The molecule has 0 saturated heterocycles. The molecule has 0 spiro atoms. The van der Waals surface area contributed by atoms with Crippen LogP contribution in [0.5, 0.6) is 0 Å². The molecule has 0 saturated carbocycles. The molecule has 4 rings (SSSR count). The van der Waals surface area contributed by atoms with E-state index in [-0.39, 0.29) is 17.9 Å². The van der Waals surface area contributed by atoms with Crippen LogP contribution in [-0.4, -0.2) is 38.7 Å². The predicted octanol–water partition coefficient (Wildman–Crippen LogP) is 4.18. The van der Waals surface area contributed by atoms with Gasteiger partial charge in [0.25, 0.3) is 5.91 Å². The van der Waals surface area contributed by atoms with Gasteiger partial charge in [-0.2, -0.15) is 0 Å². The maximum Gasteiger partial charge on any atom is 0.255 e. The van der Waals surface area contributed by atoms with Crippen LogP contribution in [0.2, 0.25) is 0 Å². The molecule has 1 atom stereocenters. The number of carbonyl (C=O) groups excluding carboxylic acids is 1. The van der Waals surface area contributed by atoms with Crippen molar-refractivity contribution in [2.45, 2.75) is 59.2 Å². The second-order valence-corrected chi connectivity index (χ2v) is 9.26. The van der Waals surface area contributed by atoms with Crippen LogP contribution in [-0.2, 0) is 19.5 Å². The number of carbonyl (C=O) groups is 1. The Bertz CT molecular complexity index is 1020. The summed E-state index contributed by atoms with van der Waals surface area (Å²) in [6.45, 7) is 12.2. The number of furan rings is 1. The molecule has 1 aromatic carbocycles. The minimum absolute atomic E-state index is 0.158. The molecule has 0 fully saturated rings. The van der Waals surface area contributed by atoms with Crippen molar-refractivity contribution >= 4 is 5.91 Å². The number of amides is 1. The largest absolute Gasteiger partial charge is 0.472 e. The minimum Gasteiger partial charge on any atom is -0.472 e. The number of benzene rings is 1. The molecule has 0 radical (unpaired) electrons. The SMILES string of the molecule is CC(C)c1ccc(CN2CCc3nnc([C@H](NC(=O)c4ccoc4)C(C)C)n3CC2)cc1. The summed E-state index contributed by atoms with van der Waals surface area (Å²) in [5, 5.41) is 12.1. The molecule has 2 aromatic heterocycles. The molecule has 0 aliphatic carbocycles. The highest BCUT2D eigenvalue weighted by Gasteiger charge is 2.28. The van der Waals surface area contributed by atoms with Gasteiger partial charge in [0.1, 0.15) is 12.1 Å². The minimum atomic E-state index is -0.214. The second-order valence-electron chi connectivity index (χ2n) is 9.26. The lowest BCUT2D eigenvalue weighted by Crippen LogP contribution is -2.34. The molecule has 170 valence electrons. The van der Waals surface area contributed by atoms with Crippen molar-refractivity contribution in [1.82, 2.24) is 25.0 Å². The zero-order valence-corrected chi connectivity index (χ0v) is 19.4. The van der Waals surface area contributed by atoms with E-state index in [4.69, 9.17) is 4.42 Å². The predicted molar refractivity (Wildman–Crippen MR) is 123 cm³/mol. The van der Waals surface area contributed by atoms with Crippen LogP contribution < -0.4 is 5.32 Å². The topological polar surface area (TPSA) is 76.2 Å². The summed E-state index contributed by atoms with van der Waals surface area (Å²) in [4.78, 5) is 15.1. The van der Waals surface area contributed by atoms with Crippen molar-refractivity contribution in [3.63, 3.8) is 0 Å². The Morgan fingerprint density at radius 3 is 2.50 bits per heavy atom. The Morgan fingerprint density at radius 2 is 1.84 bits per heavy atom. The smallest absolute Gasteiger partial charge is 0.255 e. The van der Waals surface area contributed by atoms with Crippen LogP contribution in [0.4, 0.5) is 0 Å². The van der Waals surface area contributed by atoms with Crippen LogP contribution in [0.15, 0.2) is 47.3 Å². The van der Waals surface area contributed by atoms with E-state index in [1.165, 1.54) is 23.7 Å². The summed E-state index contributed by atoms with van der Waals surface area (Å²) in [6, 6.07) is 10.4. The lowest BCUT2D eigenvalue weighted by atomic mass is 10.0. The first kappa shape index (κ1) is 22.3. The number of aromatic nitrogens is 3. The maximum absolute atomic E-state index is 12.6. The number of fused-ring (bicyclic) bond motifs is 1. The van der Waals surface area contributed by atoms with E-state index in [9.17, 15) is 4.79 Å². The van der Waals surface area contributed by atoms with Gasteiger partial charge < -0.3 is 14.3 Å². The van der Waals surface area contributed by atoms with Crippen molar-refractivity contribution in [3.8, 4) is 0 Å².